The van der Waals surface area contributed by atoms with E-state index in [1.54, 1.807) is 0 Å². The molecule has 1 aromatic heterocycles. The predicted molar refractivity (Wildman–Crippen MR) is 95.2 cm³/mol. The molecule has 0 saturated carbocycles. The lowest BCUT2D eigenvalue weighted by molar-refractivity contribution is 0.0971. The number of ketones is 1. The summed E-state index contributed by atoms with van der Waals surface area (Å²) in [5, 5.41) is 0. The van der Waals surface area contributed by atoms with E-state index in [0.717, 1.165) is 37.8 Å². The lowest BCUT2D eigenvalue weighted by Gasteiger charge is -2.16. The molecule has 0 spiro atoms. The van der Waals surface area contributed by atoms with Crippen LogP contribution >= 0.6 is 0 Å². The maximum atomic E-state index is 12.5. The monoisotopic (exact) mass is 309 g/mol. The average molecular weight is 309 g/mol. The fourth-order valence-electron chi connectivity index (χ4n) is 3.82. The van der Waals surface area contributed by atoms with E-state index in [-0.39, 0.29) is 0 Å². The second kappa shape index (κ2) is 7.16. The molecule has 2 aromatic rings. The van der Waals surface area contributed by atoms with Gasteiger partial charge in [0.2, 0.25) is 0 Å². The Kier molecular flexibility index (Phi) is 5.00. The van der Waals surface area contributed by atoms with Crippen molar-refractivity contribution in [3.63, 3.8) is 0 Å². The first-order chi connectivity index (χ1) is 11.2. The molecule has 0 fully saturated rings. The van der Waals surface area contributed by atoms with E-state index < -0.39 is 0 Å². The summed E-state index contributed by atoms with van der Waals surface area (Å²) in [7, 11) is 0. The Labute approximate surface area is 139 Å². The number of hydrogen-bond donors (Lipinski definition) is 0. The summed E-state index contributed by atoms with van der Waals surface area (Å²) >= 11 is 0. The second-order valence-corrected chi connectivity index (χ2v) is 6.69. The first-order valence-corrected chi connectivity index (χ1v) is 9.00. The number of rotatable bonds is 6. The number of Topliss-reactive ketones (excluding diaryl/α,β-unsaturated/α-hetero) is 1. The van der Waals surface area contributed by atoms with E-state index in [4.69, 9.17) is 0 Å². The van der Waals surface area contributed by atoms with Gasteiger partial charge in [-0.05, 0) is 43.7 Å². The van der Waals surface area contributed by atoms with Crippen LogP contribution in [0.3, 0.4) is 0 Å². The molecule has 0 saturated heterocycles. The van der Waals surface area contributed by atoms with Crippen LogP contribution in [0.2, 0.25) is 0 Å². The zero-order valence-corrected chi connectivity index (χ0v) is 14.4. The van der Waals surface area contributed by atoms with Crippen LogP contribution in [0, 0.1) is 6.92 Å². The van der Waals surface area contributed by atoms with Gasteiger partial charge in [-0.2, -0.15) is 0 Å². The molecule has 2 heteroatoms. The molecule has 0 aliphatic heterocycles. The van der Waals surface area contributed by atoms with Crippen molar-refractivity contribution in [2.24, 2.45) is 0 Å². The van der Waals surface area contributed by atoms with Gasteiger partial charge in [0.25, 0.3) is 0 Å². The van der Waals surface area contributed by atoms with Gasteiger partial charge in [0.1, 0.15) is 0 Å². The number of carbonyl (C=O) groups excluding carboxylic acids is 1. The molecule has 1 aromatic carbocycles. The van der Waals surface area contributed by atoms with Crippen LogP contribution in [0.4, 0.5) is 0 Å². The number of aromatic nitrogens is 1. The summed E-state index contributed by atoms with van der Waals surface area (Å²) in [6.45, 7) is 5.32. The van der Waals surface area contributed by atoms with Crippen molar-refractivity contribution >= 4 is 5.78 Å². The normalized spacial score (nSPS) is 14.1. The molecule has 1 aliphatic carbocycles. The lowest BCUT2D eigenvalue weighted by Crippen LogP contribution is -2.14. The average Bonchev–Trinajstić information content (AvgIpc) is 2.83. The standard InChI is InChI=1S/C21H27NO/c1-3-4-6-12-18-16(2)22(15-17-10-7-5-8-11-17)19-13-9-14-20(23)21(18)19/h5,7-8,10-11H,3-4,6,9,12-15H2,1-2H3. The van der Waals surface area contributed by atoms with Gasteiger partial charge >= 0.3 is 0 Å². The Morgan fingerprint density at radius 2 is 1.87 bits per heavy atom. The van der Waals surface area contributed by atoms with Crippen molar-refractivity contribution in [3.05, 3.63) is 58.4 Å². The van der Waals surface area contributed by atoms with Crippen molar-refractivity contribution in [2.45, 2.75) is 65.3 Å². The summed E-state index contributed by atoms with van der Waals surface area (Å²) in [6.07, 6.45) is 7.47. The zero-order valence-electron chi connectivity index (χ0n) is 14.4. The molecular formula is C21H27NO. The molecule has 1 heterocycles. The third-order valence-electron chi connectivity index (χ3n) is 5.07. The van der Waals surface area contributed by atoms with Crippen molar-refractivity contribution in [1.82, 2.24) is 4.57 Å². The maximum absolute atomic E-state index is 12.5. The van der Waals surface area contributed by atoms with Crippen molar-refractivity contribution in [3.8, 4) is 0 Å². The minimum atomic E-state index is 0.368. The van der Waals surface area contributed by atoms with Crippen LogP contribution in [0.15, 0.2) is 30.3 Å². The van der Waals surface area contributed by atoms with E-state index >= 15 is 0 Å². The number of carbonyl (C=O) groups is 1. The minimum absolute atomic E-state index is 0.368. The Bertz CT molecular complexity index is 682. The molecule has 0 N–H and O–H groups in total. The molecule has 1 aliphatic rings. The van der Waals surface area contributed by atoms with E-state index in [1.165, 1.54) is 41.8 Å². The predicted octanol–water partition coefficient (Wildman–Crippen LogP) is 5.10. The van der Waals surface area contributed by atoms with Crippen LogP contribution < -0.4 is 0 Å². The quantitative estimate of drug-likeness (QED) is 0.681. The van der Waals surface area contributed by atoms with E-state index in [2.05, 4.69) is 48.7 Å². The highest BCUT2D eigenvalue weighted by Gasteiger charge is 2.27. The van der Waals surface area contributed by atoms with Gasteiger partial charge in [-0.15, -0.1) is 0 Å². The van der Waals surface area contributed by atoms with E-state index in [1.807, 2.05) is 0 Å². The third-order valence-corrected chi connectivity index (χ3v) is 5.07. The first-order valence-electron chi connectivity index (χ1n) is 9.00. The van der Waals surface area contributed by atoms with E-state index in [9.17, 15) is 4.79 Å². The summed E-state index contributed by atoms with van der Waals surface area (Å²) in [4.78, 5) is 12.5. The summed E-state index contributed by atoms with van der Waals surface area (Å²) in [5.41, 5.74) is 6.31. The minimum Gasteiger partial charge on any atom is -0.344 e. The Balaban J connectivity index is 1.98. The number of fused-ring (bicyclic) bond motifs is 1. The van der Waals surface area contributed by atoms with Gasteiger partial charge in [0.15, 0.2) is 5.78 Å². The number of unbranched alkanes of at least 4 members (excludes halogenated alkanes) is 2. The number of nitrogens with zero attached hydrogens (tertiary/aromatic N) is 1. The van der Waals surface area contributed by atoms with Gasteiger partial charge < -0.3 is 4.57 Å². The van der Waals surface area contributed by atoms with Crippen molar-refractivity contribution in [2.75, 3.05) is 0 Å². The fourth-order valence-corrected chi connectivity index (χ4v) is 3.82. The third kappa shape index (κ3) is 3.26. The van der Waals surface area contributed by atoms with Gasteiger partial charge in [-0.3, -0.25) is 4.79 Å². The van der Waals surface area contributed by atoms with Crippen LogP contribution in [0.1, 0.15) is 71.9 Å². The van der Waals surface area contributed by atoms with Crippen molar-refractivity contribution in [1.29, 1.82) is 0 Å². The molecule has 0 bridgehead atoms. The van der Waals surface area contributed by atoms with Gasteiger partial charge in [-0.1, -0.05) is 50.1 Å². The molecule has 3 rings (SSSR count). The Morgan fingerprint density at radius 3 is 2.61 bits per heavy atom. The summed E-state index contributed by atoms with van der Waals surface area (Å²) < 4.78 is 2.41. The molecule has 122 valence electrons. The van der Waals surface area contributed by atoms with Gasteiger partial charge in [0, 0.05) is 29.9 Å². The number of hydrogen-bond acceptors (Lipinski definition) is 1. The lowest BCUT2D eigenvalue weighted by atomic mass is 9.91. The highest BCUT2D eigenvalue weighted by molar-refractivity contribution is 6.00. The van der Waals surface area contributed by atoms with Crippen molar-refractivity contribution < 1.29 is 4.79 Å². The maximum Gasteiger partial charge on any atom is 0.164 e. The van der Waals surface area contributed by atoms with Crippen LogP contribution in [-0.4, -0.2) is 10.4 Å². The molecule has 2 nitrogen and oxygen atoms in total. The van der Waals surface area contributed by atoms with Gasteiger partial charge in [-0.25, -0.2) is 0 Å². The molecule has 0 unspecified atom stereocenters. The van der Waals surface area contributed by atoms with Crippen LogP contribution in [0.5, 0.6) is 0 Å². The number of benzene rings is 1. The topological polar surface area (TPSA) is 22.0 Å². The highest BCUT2D eigenvalue weighted by Crippen LogP contribution is 2.31. The van der Waals surface area contributed by atoms with Crippen LogP contribution in [-0.2, 0) is 19.4 Å². The van der Waals surface area contributed by atoms with E-state index in [0.29, 0.717) is 5.78 Å². The molecule has 23 heavy (non-hydrogen) atoms. The fraction of sp³-hybridized carbons (Fsp3) is 0.476. The zero-order chi connectivity index (χ0) is 16.2. The summed E-state index contributed by atoms with van der Waals surface area (Å²) in [5.74, 6) is 0.368. The van der Waals surface area contributed by atoms with Crippen LogP contribution in [0.25, 0.3) is 0 Å². The molecular weight excluding hydrogens is 282 g/mol. The Hall–Kier alpha value is -1.83. The SMILES string of the molecule is CCCCCc1c2c(n(Cc3ccccc3)c1C)CCCC2=O. The smallest absolute Gasteiger partial charge is 0.164 e. The van der Waals surface area contributed by atoms with Gasteiger partial charge in [0.05, 0.1) is 0 Å². The first kappa shape index (κ1) is 16.0. The molecule has 0 atom stereocenters. The second-order valence-electron chi connectivity index (χ2n) is 6.69. The highest BCUT2D eigenvalue weighted by atomic mass is 16.1. The molecule has 0 amide bonds. The Morgan fingerprint density at radius 1 is 1.09 bits per heavy atom. The summed E-state index contributed by atoms with van der Waals surface area (Å²) in [6, 6.07) is 10.6. The largest absolute Gasteiger partial charge is 0.344 e. The molecule has 0 radical (unpaired) electrons.